The van der Waals surface area contributed by atoms with E-state index in [-0.39, 0.29) is 0 Å². The Labute approximate surface area is 251 Å². The summed E-state index contributed by atoms with van der Waals surface area (Å²) in [5.41, 5.74) is 0. The molecule has 0 aliphatic heterocycles. The Hall–Kier alpha value is 5.22. The maximum absolute atomic E-state index is 6.01. The Morgan fingerprint density at radius 2 is 0.393 bits per heavy atom. The van der Waals surface area contributed by atoms with Crippen molar-refractivity contribution < 1.29 is 0 Å². The molecule has 0 aliphatic carbocycles. The van der Waals surface area contributed by atoms with Crippen LogP contribution in [-0.2, 0) is 0 Å². The van der Waals surface area contributed by atoms with Crippen LogP contribution in [0.25, 0.3) is 0 Å². The first-order valence-electron chi connectivity index (χ1n) is 6.00. The number of hydrogen-bond donors (Lipinski definition) is 0. The van der Waals surface area contributed by atoms with Crippen LogP contribution in [-0.4, -0.2) is 22.8 Å². The summed E-state index contributed by atoms with van der Waals surface area (Å²) in [7, 11) is 0. The quantitative estimate of drug-likeness (QED) is 0.251. The van der Waals surface area contributed by atoms with Gasteiger partial charge in [0.05, 0.1) is 17.8 Å². The lowest BCUT2D eigenvalue weighted by atomic mass is 9.75. The maximum atomic E-state index is 6.01. The number of alkyl halides is 18. The smallest absolute Gasteiger partial charge is 0.0832 e. The Morgan fingerprint density at radius 3 is 0.464 bits per heavy atom. The molecule has 0 aromatic heterocycles. The highest BCUT2D eigenvalue weighted by molar-refractivity contribution is 6.76. The van der Waals surface area contributed by atoms with Crippen molar-refractivity contribution >= 4 is 209 Å². The average molecular weight is 761 g/mol. The Morgan fingerprint density at radius 1 is 0.286 bits per heavy atom. The molecule has 0 rings (SSSR count). The van der Waals surface area contributed by atoms with Gasteiger partial charge in [0.2, 0.25) is 0 Å². The second kappa shape index (κ2) is 11.1. The van der Waals surface area contributed by atoms with Crippen LogP contribution in [0.3, 0.4) is 0 Å². The van der Waals surface area contributed by atoms with Crippen LogP contribution in [0.2, 0.25) is 0 Å². The van der Waals surface area contributed by atoms with Gasteiger partial charge in [-0.3, -0.25) is 0 Å². The Kier molecular flexibility index (Phi) is 13.2. The van der Waals surface area contributed by atoms with Crippen molar-refractivity contribution in [3.05, 3.63) is 5.92 Å². The van der Waals surface area contributed by atoms with Crippen molar-refractivity contribution in [1.29, 1.82) is 0 Å². The fraction of sp³-hybridized carbons (Fsp3) is 0.900. The molecule has 0 spiro atoms. The summed E-state index contributed by atoms with van der Waals surface area (Å²) in [5.74, 6) is -6.17. The van der Waals surface area contributed by atoms with E-state index in [2.05, 4.69) is 0 Å². The van der Waals surface area contributed by atoms with Gasteiger partial charge in [-0.2, -0.15) is 0 Å². The van der Waals surface area contributed by atoms with E-state index < -0.39 is 46.4 Å². The van der Waals surface area contributed by atoms with Gasteiger partial charge in [0.25, 0.3) is 0 Å². The van der Waals surface area contributed by atoms with Gasteiger partial charge in [-0.05, 0) is 0 Å². The standard InChI is InChI=1S/C10H3Cl18/c11-5(12,13)2(6(14,15)16)1(3(7(17,18)19)8(20,21)22)4(9(23,24)25)10(26,27)28/h2-4H. The predicted octanol–water partition coefficient (Wildman–Crippen LogP) is 11.6. The molecule has 0 heterocycles. The van der Waals surface area contributed by atoms with Gasteiger partial charge >= 0.3 is 0 Å². The molecular weight excluding hydrogens is 758 g/mol. The SMILES string of the molecule is ClC(Cl)(Cl)C([C](C(C(Cl)(Cl)Cl)C(Cl)(Cl)Cl)C(C(Cl)(Cl)Cl)C(Cl)(Cl)Cl)C(Cl)(Cl)Cl. The third kappa shape index (κ3) is 10.1. The zero-order valence-corrected chi connectivity index (χ0v) is 25.6. The summed E-state index contributed by atoms with van der Waals surface area (Å²) in [6.45, 7) is 0. The van der Waals surface area contributed by atoms with Gasteiger partial charge in [-0.15, -0.1) is 0 Å². The average Bonchev–Trinajstić information content (AvgIpc) is 2.13. The second-order valence-corrected chi connectivity index (χ2v) is 19.3. The van der Waals surface area contributed by atoms with Gasteiger partial charge in [0.1, 0.15) is 0 Å². The van der Waals surface area contributed by atoms with Crippen molar-refractivity contribution in [2.45, 2.75) is 22.8 Å². The molecule has 0 amide bonds. The molecule has 0 N–H and O–H groups in total. The highest BCUT2D eigenvalue weighted by Gasteiger charge is 2.67. The van der Waals surface area contributed by atoms with Gasteiger partial charge in [-0.25, -0.2) is 0 Å². The minimum atomic E-state index is -2.46. The van der Waals surface area contributed by atoms with Gasteiger partial charge in [0.15, 0.2) is 22.8 Å². The summed E-state index contributed by atoms with van der Waals surface area (Å²) in [6, 6.07) is 0. The second-order valence-electron chi connectivity index (χ2n) is 5.05. The third-order valence-corrected chi connectivity index (χ3v) is 6.89. The fourth-order valence-corrected chi connectivity index (χ4v) is 8.91. The van der Waals surface area contributed by atoms with E-state index in [0.29, 0.717) is 0 Å². The minimum Gasteiger partial charge on any atom is -0.0832 e. The largest absolute Gasteiger partial charge is 0.198 e. The molecule has 0 bridgehead atoms. The molecule has 0 unspecified atom stereocenters. The third-order valence-electron chi connectivity index (χ3n) is 2.96. The maximum Gasteiger partial charge on any atom is 0.198 e. The summed E-state index contributed by atoms with van der Waals surface area (Å²) < 4.78 is -14.8. The van der Waals surface area contributed by atoms with E-state index >= 15 is 0 Å². The van der Waals surface area contributed by atoms with E-state index in [4.69, 9.17) is 209 Å². The zero-order chi connectivity index (χ0) is 23.3. The first-order valence-corrected chi connectivity index (χ1v) is 12.8. The summed E-state index contributed by atoms with van der Waals surface area (Å²) >= 11 is 108. The highest BCUT2D eigenvalue weighted by Crippen LogP contribution is 2.68. The zero-order valence-electron chi connectivity index (χ0n) is 12.0. The molecule has 28 heavy (non-hydrogen) atoms. The van der Waals surface area contributed by atoms with Crippen LogP contribution in [0.15, 0.2) is 0 Å². The van der Waals surface area contributed by atoms with Crippen LogP contribution in [0, 0.1) is 23.7 Å². The van der Waals surface area contributed by atoms with E-state index in [9.17, 15) is 0 Å². The molecular formula is C10H3Cl18. The molecule has 18 heteroatoms. The topological polar surface area (TPSA) is 0 Å². The van der Waals surface area contributed by atoms with Crippen LogP contribution in [0.5, 0.6) is 0 Å². The molecule has 0 atom stereocenters. The summed E-state index contributed by atoms with van der Waals surface area (Å²) in [5, 5.41) is 0. The minimum absolute atomic E-state index is 0.556. The van der Waals surface area contributed by atoms with Crippen molar-refractivity contribution in [1.82, 2.24) is 0 Å². The molecule has 169 valence electrons. The predicted molar refractivity (Wildman–Crippen MR) is 135 cm³/mol. The number of rotatable bonds is 3. The van der Waals surface area contributed by atoms with Crippen LogP contribution >= 0.6 is 209 Å². The fourth-order valence-electron chi connectivity index (χ4n) is 2.19. The Balaban J connectivity index is 7.30. The Bertz CT molecular complexity index is 387. The van der Waals surface area contributed by atoms with Gasteiger partial charge in [-0.1, -0.05) is 209 Å². The van der Waals surface area contributed by atoms with E-state index in [0.717, 1.165) is 0 Å². The van der Waals surface area contributed by atoms with Crippen LogP contribution in [0.1, 0.15) is 0 Å². The van der Waals surface area contributed by atoms with E-state index in [1.165, 1.54) is 0 Å². The lowest BCUT2D eigenvalue weighted by molar-refractivity contribution is 0.330. The van der Waals surface area contributed by atoms with Crippen LogP contribution < -0.4 is 0 Å². The van der Waals surface area contributed by atoms with Crippen molar-refractivity contribution in [3.8, 4) is 0 Å². The molecule has 0 fully saturated rings. The van der Waals surface area contributed by atoms with Gasteiger partial charge < -0.3 is 0 Å². The summed E-state index contributed by atoms with van der Waals surface area (Å²) in [4.78, 5) is 0. The molecule has 0 aliphatic rings. The van der Waals surface area contributed by atoms with Crippen molar-refractivity contribution in [3.63, 3.8) is 0 Å². The van der Waals surface area contributed by atoms with Crippen LogP contribution in [0.4, 0.5) is 0 Å². The van der Waals surface area contributed by atoms with E-state index in [1.807, 2.05) is 0 Å². The molecule has 0 aromatic rings. The first kappa shape index (κ1) is 33.2. The molecule has 0 nitrogen and oxygen atoms in total. The van der Waals surface area contributed by atoms with Crippen molar-refractivity contribution in [2.24, 2.45) is 17.8 Å². The lowest BCUT2D eigenvalue weighted by Gasteiger charge is -2.50. The van der Waals surface area contributed by atoms with Crippen molar-refractivity contribution in [2.75, 3.05) is 0 Å². The van der Waals surface area contributed by atoms with Gasteiger partial charge in [0, 0.05) is 5.92 Å². The normalized spacial score (nSPS) is 16.1. The molecule has 0 aromatic carbocycles. The number of halogens is 18. The van der Waals surface area contributed by atoms with E-state index in [1.54, 1.807) is 0 Å². The molecule has 1 radical (unpaired) electrons. The summed E-state index contributed by atoms with van der Waals surface area (Å²) in [6.07, 6.45) is 0. The molecule has 0 saturated heterocycles. The first-order chi connectivity index (χ1) is 11.7. The molecule has 0 saturated carbocycles. The number of hydrogen-bond acceptors (Lipinski definition) is 0. The lowest BCUT2D eigenvalue weighted by Crippen LogP contribution is -2.55. The monoisotopic (exact) mass is 752 g/mol. The highest BCUT2D eigenvalue weighted by atomic mass is 35.6.